The molecule has 1 atom stereocenters. The zero-order valence-corrected chi connectivity index (χ0v) is 16.8. The van der Waals surface area contributed by atoms with Crippen LogP contribution in [-0.4, -0.2) is 47.9 Å². The minimum Gasteiger partial charge on any atom is -0.355 e. The summed E-state index contributed by atoms with van der Waals surface area (Å²) in [6.45, 7) is 5.39. The van der Waals surface area contributed by atoms with Crippen LogP contribution in [0.5, 0.6) is 0 Å². The molecule has 0 saturated carbocycles. The second kappa shape index (κ2) is 7.24. The first-order valence-electron chi connectivity index (χ1n) is 9.49. The molecule has 0 radical (unpaired) electrons. The monoisotopic (exact) mass is 424 g/mol. The van der Waals surface area contributed by atoms with Gasteiger partial charge >= 0.3 is 0 Å². The number of nitrogens with one attached hydrogen (secondary N) is 3. The number of imidazole rings is 1. The van der Waals surface area contributed by atoms with E-state index < -0.39 is 10.0 Å². The van der Waals surface area contributed by atoms with Gasteiger partial charge in [0, 0.05) is 29.6 Å². The van der Waals surface area contributed by atoms with Gasteiger partial charge in [-0.3, -0.25) is 14.4 Å². The fourth-order valence-corrected chi connectivity index (χ4v) is 4.21. The van der Waals surface area contributed by atoms with Crippen molar-refractivity contribution in [2.24, 2.45) is 0 Å². The van der Waals surface area contributed by atoms with Gasteiger partial charge in [0.1, 0.15) is 11.9 Å². The summed E-state index contributed by atoms with van der Waals surface area (Å²) in [4.78, 5) is 4.82. The summed E-state index contributed by atoms with van der Waals surface area (Å²) in [7, 11) is -3.61. The molecule has 1 saturated heterocycles. The fraction of sp³-hybridized carbons (Fsp3) is 0.200. The normalized spacial score (nSPS) is 17.4. The molecule has 2 aromatic heterocycles. The summed E-state index contributed by atoms with van der Waals surface area (Å²) in [5.41, 5.74) is 3.59. The first-order chi connectivity index (χ1) is 14.6. The number of sulfonamides is 1. The smallest absolute Gasteiger partial charge is 0.254 e. The molecule has 1 aliphatic heterocycles. The minimum absolute atomic E-state index is 0.227. The van der Waals surface area contributed by atoms with Gasteiger partial charge in [-0.2, -0.15) is 5.10 Å². The molecule has 3 heterocycles. The predicted molar refractivity (Wildman–Crippen MR) is 115 cm³/mol. The molecule has 5 rings (SSSR count). The Morgan fingerprint density at radius 1 is 1.27 bits per heavy atom. The number of aromatic nitrogens is 4. The van der Waals surface area contributed by atoms with E-state index >= 15 is 0 Å². The lowest BCUT2D eigenvalue weighted by Gasteiger charge is -2.26. The molecule has 30 heavy (non-hydrogen) atoms. The van der Waals surface area contributed by atoms with Crippen molar-refractivity contribution in [2.75, 3.05) is 24.4 Å². The van der Waals surface area contributed by atoms with Gasteiger partial charge in [-0.15, -0.1) is 0 Å². The number of rotatable bonds is 5. The van der Waals surface area contributed by atoms with E-state index in [0.717, 1.165) is 33.9 Å². The Bertz CT molecular complexity index is 1350. The van der Waals surface area contributed by atoms with E-state index in [1.165, 1.54) is 0 Å². The molecule has 10 heteroatoms. The molecule has 0 amide bonds. The Kier molecular flexibility index (Phi) is 4.54. The highest BCUT2D eigenvalue weighted by atomic mass is 32.2. The van der Waals surface area contributed by atoms with Crippen molar-refractivity contribution in [3.8, 4) is 11.5 Å². The molecule has 2 aromatic carbocycles. The van der Waals surface area contributed by atoms with Crippen molar-refractivity contribution in [3.63, 3.8) is 0 Å². The highest BCUT2D eigenvalue weighted by Gasteiger charge is 2.25. The first kappa shape index (κ1) is 18.8. The standard InChI is InChI=1S/C20H20N6O3S/c1-2-30(27,28)25-13-7-8-15-14(11-13)19(24-23-15)20-22-16-5-3-4-6-17(16)26(20)18-12-21-9-10-29-18/h2-8,11,18,21,25H,1,9-10,12H2,(H,23,24). The number of aromatic amines is 1. The molecule has 3 N–H and O–H groups in total. The molecule has 154 valence electrons. The molecule has 0 spiro atoms. The summed E-state index contributed by atoms with van der Waals surface area (Å²) in [6, 6.07) is 13.0. The van der Waals surface area contributed by atoms with E-state index in [2.05, 4.69) is 26.8 Å². The van der Waals surface area contributed by atoms with Gasteiger partial charge in [0.05, 0.1) is 23.2 Å². The van der Waals surface area contributed by atoms with Crippen LogP contribution in [0.1, 0.15) is 6.23 Å². The molecule has 1 aliphatic rings. The number of nitrogens with zero attached hydrogens (tertiary/aromatic N) is 3. The maximum Gasteiger partial charge on any atom is 0.254 e. The van der Waals surface area contributed by atoms with Crippen LogP contribution >= 0.6 is 0 Å². The summed E-state index contributed by atoms with van der Waals surface area (Å²) < 4.78 is 34.3. The number of fused-ring (bicyclic) bond motifs is 2. The lowest BCUT2D eigenvalue weighted by Crippen LogP contribution is -2.36. The Morgan fingerprint density at radius 2 is 2.13 bits per heavy atom. The van der Waals surface area contributed by atoms with Crippen LogP contribution in [0.4, 0.5) is 5.69 Å². The highest BCUT2D eigenvalue weighted by molar-refractivity contribution is 7.95. The van der Waals surface area contributed by atoms with Gasteiger partial charge in [-0.1, -0.05) is 18.7 Å². The average molecular weight is 424 g/mol. The van der Waals surface area contributed by atoms with Gasteiger partial charge in [0.25, 0.3) is 10.0 Å². The minimum atomic E-state index is -3.61. The molecule has 1 fully saturated rings. The Morgan fingerprint density at radius 3 is 2.93 bits per heavy atom. The number of para-hydroxylation sites is 2. The van der Waals surface area contributed by atoms with Crippen molar-refractivity contribution in [1.29, 1.82) is 0 Å². The van der Waals surface area contributed by atoms with Crippen LogP contribution in [0.15, 0.2) is 54.5 Å². The molecule has 4 aromatic rings. The maximum atomic E-state index is 11.9. The predicted octanol–water partition coefficient (Wildman–Crippen LogP) is 2.58. The summed E-state index contributed by atoms with van der Waals surface area (Å²) in [5.74, 6) is 0.653. The Labute approximate surface area is 172 Å². The molecule has 1 unspecified atom stereocenters. The third kappa shape index (κ3) is 3.24. The van der Waals surface area contributed by atoms with Crippen LogP contribution in [-0.2, 0) is 14.8 Å². The number of benzene rings is 2. The second-order valence-electron chi connectivity index (χ2n) is 6.97. The topological polar surface area (TPSA) is 114 Å². The molecule has 9 nitrogen and oxygen atoms in total. The van der Waals surface area contributed by atoms with E-state index in [1.807, 2.05) is 28.8 Å². The van der Waals surface area contributed by atoms with Gasteiger partial charge in [-0.25, -0.2) is 13.4 Å². The largest absolute Gasteiger partial charge is 0.355 e. The number of hydrogen-bond acceptors (Lipinski definition) is 6. The van der Waals surface area contributed by atoms with Crippen molar-refractivity contribution in [2.45, 2.75) is 6.23 Å². The van der Waals surface area contributed by atoms with Crippen molar-refractivity contribution in [3.05, 3.63) is 54.5 Å². The van der Waals surface area contributed by atoms with E-state index in [0.29, 0.717) is 30.4 Å². The van der Waals surface area contributed by atoms with Crippen LogP contribution in [0.25, 0.3) is 33.5 Å². The first-order valence-corrected chi connectivity index (χ1v) is 11.0. The van der Waals surface area contributed by atoms with E-state index in [-0.39, 0.29) is 6.23 Å². The summed E-state index contributed by atoms with van der Waals surface area (Å²) >= 11 is 0. The van der Waals surface area contributed by atoms with Gasteiger partial charge in [0.15, 0.2) is 5.82 Å². The molecule has 0 aliphatic carbocycles. The highest BCUT2D eigenvalue weighted by Crippen LogP contribution is 2.33. The zero-order chi connectivity index (χ0) is 20.7. The van der Waals surface area contributed by atoms with Crippen LogP contribution < -0.4 is 10.0 Å². The van der Waals surface area contributed by atoms with Crippen LogP contribution in [0.2, 0.25) is 0 Å². The average Bonchev–Trinajstić information content (AvgIpc) is 3.35. The number of ether oxygens (including phenoxy) is 1. The van der Waals surface area contributed by atoms with Crippen LogP contribution in [0.3, 0.4) is 0 Å². The Balaban J connectivity index is 1.69. The maximum absolute atomic E-state index is 11.9. The number of anilines is 1. The Hall–Kier alpha value is -3.21. The molecule has 0 bridgehead atoms. The van der Waals surface area contributed by atoms with E-state index in [1.54, 1.807) is 18.2 Å². The zero-order valence-electron chi connectivity index (χ0n) is 16.0. The second-order valence-corrected chi connectivity index (χ2v) is 8.60. The van der Waals surface area contributed by atoms with E-state index in [9.17, 15) is 8.42 Å². The van der Waals surface area contributed by atoms with Crippen molar-refractivity contribution in [1.82, 2.24) is 25.1 Å². The lowest BCUT2D eigenvalue weighted by molar-refractivity contribution is -0.0159. The van der Waals surface area contributed by atoms with Gasteiger partial charge in [0.2, 0.25) is 0 Å². The third-order valence-electron chi connectivity index (χ3n) is 5.05. The summed E-state index contributed by atoms with van der Waals surface area (Å²) in [5, 5.41) is 12.5. The molecular formula is C20H20N6O3S. The number of hydrogen-bond donors (Lipinski definition) is 3. The lowest BCUT2D eigenvalue weighted by atomic mass is 10.2. The number of H-pyrrole nitrogens is 1. The van der Waals surface area contributed by atoms with Gasteiger partial charge < -0.3 is 10.1 Å². The molecular weight excluding hydrogens is 404 g/mol. The van der Waals surface area contributed by atoms with Crippen molar-refractivity contribution >= 4 is 37.6 Å². The fourth-order valence-electron chi connectivity index (χ4n) is 3.67. The number of morpholine rings is 1. The SMILES string of the molecule is C=CS(=O)(=O)Nc1ccc2[nH]nc(-c3nc4ccccc4n3C3CNCCO3)c2c1. The van der Waals surface area contributed by atoms with Crippen molar-refractivity contribution < 1.29 is 13.2 Å². The van der Waals surface area contributed by atoms with E-state index in [4.69, 9.17) is 9.72 Å². The summed E-state index contributed by atoms with van der Waals surface area (Å²) in [6.07, 6.45) is -0.227. The quantitative estimate of drug-likeness (QED) is 0.454. The van der Waals surface area contributed by atoms with Crippen LogP contribution in [0, 0.1) is 0 Å². The third-order valence-corrected chi connectivity index (χ3v) is 6.01. The van der Waals surface area contributed by atoms with Gasteiger partial charge in [-0.05, 0) is 30.3 Å².